The number of carbonyl (C=O) groups excluding carboxylic acids is 2. The molecule has 4 heteroatoms. The molecule has 1 saturated heterocycles. The summed E-state index contributed by atoms with van der Waals surface area (Å²) in [6.45, 7) is 1.87. The van der Waals surface area contributed by atoms with Crippen molar-refractivity contribution in [3.63, 3.8) is 0 Å². The first kappa shape index (κ1) is 16.0. The number of ether oxygens (including phenoxy) is 1. The maximum Gasteiger partial charge on any atom is 0.417 e. The third-order valence-electron chi connectivity index (χ3n) is 4.05. The maximum atomic E-state index is 12.8. The number of allylic oxidation sites excluding steroid dienone is 1. The smallest absolute Gasteiger partial charge is 0.417 e. The fourth-order valence-corrected chi connectivity index (χ4v) is 2.91. The highest BCUT2D eigenvalue weighted by atomic mass is 16.6. The third kappa shape index (κ3) is 3.23. The molecule has 0 N–H and O–H groups in total. The first-order valence-corrected chi connectivity index (χ1v) is 7.96. The first-order chi connectivity index (χ1) is 11.7. The minimum absolute atomic E-state index is 0.325. The summed E-state index contributed by atoms with van der Waals surface area (Å²) >= 11 is 0. The molecule has 0 radical (unpaired) electrons. The Bertz CT molecular complexity index is 740. The Balaban J connectivity index is 1.92. The number of rotatable bonds is 4. The molecule has 1 aliphatic rings. The molecule has 24 heavy (non-hydrogen) atoms. The number of nitrogens with zero attached hydrogens (tertiary/aromatic N) is 1. The average Bonchev–Trinajstić information content (AvgIpc) is 2.91. The molecule has 4 nitrogen and oxygen atoms in total. The van der Waals surface area contributed by atoms with Crippen LogP contribution in [0.2, 0.25) is 0 Å². The second-order valence-electron chi connectivity index (χ2n) is 5.67. The number of imide groups is 1. The zero-order valence-electron chi connectivity index (χ0n) is 13.5. The van der Waals surface area contributed by atoms with Crippen molar-refractivity contribution in [2.45, 2.75) is 25.5 Å². The van der Waals surface area contributed by atoms with Crippen LogP contribution in [0.3, 0.4) is 0 Å². The van der Waals surface area contributed by atoms with Crippen molar-refractivity contribution in [2.24, 2.45) is 0 Å². The lowest BCUT2D eigenvalue weighted by Gasteiger charge is -2.22. The summed E-state index contributed by atoms with van der Waals surface area (Å²) in [4.78, 5) is 26.4. The summed E-state index contributed by atoms with van der Waals surface area (Å²) in [6, 6.07) is 18.3. The van der Waals surface area contributed by atoms with Gasteiger partial charge in [-0.3, -0.25) is 4.79 Å². The van der Waals surface area contributed by atoms with Crippen molar-refractivity contribution in [1.82, 2.24) is 4.90 Å². The van der Waals surface area contributed by atoms with E-state index in [2.05, 4.69) is 0 Å². The van der Waals surface area contributed by atoms with Crippen LogP contribution in [0.4, 0.5) is 4.79 Å². The summed E-state index contributed by atoms with van der Waals surface area (Å²) in [5.41, 5.74) is 1.54. The van der Waals surface area contributed by atoms with E-state index in [1.807, 2.05) is 55.5 Å². The summed E-state index contributed by atoms with van der Waals surface area (Å²) < 4.78 is 5.42. The zero-order valence-corrected chi connectivity index (χ0v) is 13.5. The molecule has 122 valence electrons. The molecule has 0 aromatic heterocycles. The van der Waals surface area contributed by atoms with Crippen molar-refractivity contribution in [1.29, 1.82) is 0 Å². The van der Waals surface area contributed by atoms with Crippen LogP contribution in [-0.2, 0) is 11.2 Å². The highest BCUT2D eigenvalue weighted by molar-refractivity contribution is 6.04. The minimum atomic E-state index is -0.590. The van der Waals surface area contributed by atoms with Crippen LogP contribution in [0.1, 0.15) is 22.8 Å². The van der Waals surface area contributed by atoms with E-state index in [-0.39, 0.29) is 11.9 Å². The summed E-state index contributed by atoms with van der Waals surface area (Å²) in [5, 5.41) is 0. The van der Waals surface area contributed by atoms with Crippen LogP contribution in [0.25, 0.3) is 0 Å². The Morgan fingerprint density at radius 1 is 1.08 bits per heavy atom. The Morgan fingerprint density at radius 2 is 1.71 bits per heavy atom. The van der Waals surface area contributed by atoms with E-state index in [0.29, 0.717) is 12.0 Å². The third-order valence-corrected chi connectivity index (χ3v) is 4.05. The summed E-state index contributed by atoms with van der Waals surface area (Å²) in [5.74, 6) is -0.325. The topological polar surface area (TPSA) is 46.6 Å². The number of carbonyl (C=O) groups is 2. The van der Waals surface area contributed by atoms with E-state index in [1.165, 1.54) is 4.90 Å². The number of amides is 2. The van der Waals surface area contributed by atoms with Gasteiger partial charge in [0.05, 0.1) is 6.04 Å². The molecular formula is C20H19NO3. The van der Waals surface area contributed by atoms with Gasteiger partial charge in [0.1, 0.15) is 6.10 Å². The number of hydrogen-bond acceptors (Lipinski definition) is 3. The van der Waals surface area contributed by atoms with Crippen LogP contribution in [0.5, 0.6) is 0 Å². The van der Waals surface area contributed by atoms with Crippen LogP contribution in [0, 0.1) is 0 Å². The fourth-order valence-electron chi connectivity index (χ4n) is 2.91. The van der Waals surface area contributed by atoms with Crippen LogP contribution >= 0.6 is 0 Å². The van der Waals surface area contributed by atoms with Gasteiger partial charge in [0.15, 0.2) is 0 Å². The van der Waals surface area contributed by atoms with Gasteiger partial charge >= 0.3 is 6.09 Å². The predicted molar refractivity (Wildman–Crippen MR) is 91.6 cm³/mol. The summed E-state index contributed by atoms with van der Waals surface area (Å²) in [6.07, 6.45) is 3.19. The van der Waals surface area contributed by atoms with Crippen molar-refractivity contribution in [2.75, 3.05) is 0 Å². The minimum Gasteiger partial charge on any atom is -0.439 e. The number of cyclic esters (lactones) is 1. The highest BCUT2D eigenvalue weighted by Crippen LogP contribution is 2.26. The molecule has 0 aliphatic carbocycles. The lowest BCUT2D eigenvalue weighted by atomic mass is 9.99. The Morgan fingerprint density at radius 3 is 2.33 bits per heavy atom. The van der Waals surface area contributed by atoms with Gasteiger partial charge in [-0.05, 0) is 37.1 Å². The van der Waals surface area contributed by atoms with Crippen molar-refractivity contribution < 1.29 is 14.3 Å². The lowest BCUT2D eigenvalue weighted by molar-refractivity contribution is 0.0774. The molecule has 2 aromatic rings. The van der Waals surface area contributed by atoms with Crippen LogP contribution in [-0.4, -0.2) is 29.0 Å². The monoisotopic (exact) mass is 321 g/mol. The van der Waals surface area contributed by atoms with Crippen molar-refractivity contribution >= 4 is 12.0 Å². The van der Waals surface area contributed by atoms with E-state index < -0.39 is 12.2 Å². The molecule has 0 saturated carbocycles. The van der Waals surface area contributed by atoms with Crippen LogP contribution in [0.15, 0.2) is 72.8 Å². The molecule has 2 amide bonds. The number of benzene rings is 2. The normalized spacial score (nSPS) is 20.4. The molecule has 1 heterocycles. The predicted octanol–water partition coefficient (Wildman–Crippen LogP) is 3.84. The van der Waals surface area contributed by atoms with Gasteiger partial charge < -0.3 is 4.74 Å². The van der Waals surface area contributed by atoms with Crippen molar-refractivity contribution in [3.05, 3.63) is 83.9 Å². The molecular weight excluding hydrogens is 302 g/mol. The second kappa shape index (κ2) is 7.13. The fraction of sp³-hybridized carbons (Fsp3) is 0.200. The van der Waals surface area contributed by atoms with Crippen molar-refractivity contribution in [3.8, 4) is 0 Å². The van der Waals surface area contributed by atoms with Crippen LogP contribution < -0.4 is 0 Å². The Labute approximate surface area is 141 Å². The molecule has 3 rings (SSSR count). The SMILES string of the molecule is C/C=C\[C@@H]1OC(=O)N(C(=O)c2ccccc2)[C@H]1Cc1ccccc1. The molecule has 2 aromatic carbocycles. The van der Waals surface area contributed by atoms with Gasteiger partial charge in [-0.25, -0.2) is 9.69 Å². The van der Waals surface area contributed by atoms with E-state index >= 15 is 0 Å². The molecule has 0 spiro atoms. The molecule has 0 bridgehead atoms. The average molecular weight is 321 g/mol. The van der Waals surface area contributed by atoms with Gasteiger partial charge in [-0.1, -0.05) is 54.6 Å². The van der Waals surface area contributed by atoms with E-state index in [0.717, 1.165) is 5.56 Å². The standard InChI is InChI=1S/C20H19NO3/c1-2-9-18-17(14-15-10-5-3-6-11-15)21(20(23)24-18)19(22)16-12-7-4-8-13-16/h2-13,17-18H,14H2,1H3/b9-2-/t17-,18-/m0/s1. The van der Waals surface area contributed by atoms with Gasteiger partial charge in [0.2, 0.25) is 0 Å². The van der Waals surface area contributed by atoms with E-state index in [1.54, 1.807) is 24.3 Å². The van der Waals surface area contributed by atoms with E-state index in [9.17, 15) is 9.59 Å². The highest BCUT2D eigenvalue weighted by Gasteiger charge is 2.44. The van der Waals surface area contributed by atoms with E-state index in [4.69, 9.17) is 4.74 Å². The maximum absolute atomic E-state index is 12.8. The first-order valence-electron chi connectivity index (χ1n) is 7.96. The summed E-state index contributed by atoms with van der Waals surface area (Å²) in [7, 11) is 0. The Kier molecular flexibility index (Phi) is 4.75. The molecule has 1 fully saturated rings. The number of hydrogen-bond donors (Lipinski definition) is 0. The van der Waals surface area contributed by atoms with Gasteiger partial charge in [0, 0.05) is 5.56 Å². The lowest BCUT2D eigenvalue weighted by Crippen LogP contribution is -2.42. The van der Waals surface area contributed by atoms with Gasteiger partial charge in [-0.2, -0.15) is 0 Å². The largest absolute Gasteiger partial charge is 0.439 e. The molecule has 2 atom stereocenters. The van der Waals surface area contributed by atoms with Gasteiger partial charge in [-0.15, -0.1) is 0 Å². The quantitative estimate of drug-likeness (QED) is 0.804. The Hall–Kier alpha value is -2.88. The van der Waals surface area contributed by atoms with Gasteiger partial charge in [0.25, 0.3) is 5.91 Å². The second-order valence-corrected chi connectivity index (χ2v) is 5.67. The molecule has 0 unspecified atom stereocenters. The zero-order chi connectivity index (χ0) is 16.9. The molecule has 1 aliphatic heterocycles.